The highest BCUT2D eigenvalue weighted by Gasteiger charge is 2.49. The molecule has 0 radical (unpaired) electrons. The molecule has 3 aromatic rings. The van der Waals surface area contributed by atoms with Gasteiger partial charge in [0.1, 0.15) is 36.0 Å². The first-order chi connectivity index (χ1) is 24.0. The lowest BCUT2D eigenvalue weighted by molar-refractivity contribution is -0.167. The predicted molar refractivity (Wildman–Crippen MR) is 187 cm³/mol. The minimum absolute atomic E-state index is 0.0312. The lowest BCUT2D eigenvalue weighted by Gasteiger charge is -2.36. The summed E-state index contributed by atoms with van der Waals surface area (Å²) < 4.78 is 19.0. The minimum Gasteiger partial charge on any atom is -0.487 e. The van der Waals surface area contributed by atoms with E-state index >= 15 is 0 Å². The molecule has 1 aromatic carbocycles. The Kier molecular flexibility index (Phi) is 10.7. The maximum absolute atomic E-state index is 14.4. The molecule has 1 amide bonds. The first-order valence-electron chi connectivity index (χ1n) is 18.3. The second-order valence-electron chi connectivity index (χ2n) is 15.6. The number of hydrogen-bond donors (Lipinski definition) is 0. The SMILES string of the molecule is CC[C@@H]1[C@@H]2CN(C(=O)[C@H](C(C)(C)C)CC(=O)O[C@]3(C)CCC[C@H]3CCCCCc3nc4ccc(OCc5cnccn5)cc4nc3O2)[C@@H]1C=O. The van der Waals surface area contributed by atoms with Gasteiger partial charge in [0.15, 0.2) is 0 Å². The van der Waals surface area contributed by atoms with Gasteiger partial charge in [-0.1, -0.05) is 40.5 Å². The Morgan fingerprint density at radius 3 is 2.62 bits per heavy atom. The Hall–Kier alpha value is -4.15. The molecule has 2 aliphatic heterocycles. The fourth-order valence-electron chi connectivity index (χ4n) is 8.13. The third-order valence-corrected chi connectivity index (χ3v) is 11.1. The number of ether oxygens (including phenoxy) is 3. The monoisotopic (exact) mass is 685 g/mol. The van der Waals surface area contributed by atoms with Crippen LogP contribution in [0.1, 0.15) is 104 Å². The fraction of sp³-hybridized carbons (Fsp3) is 0.615. The van der Waals surface area contributed by atoms with E-state index in [-0.39, 0.29) is 43.3 Å². The maximum Gasteiger partial charge on any atom is 0.307 e. The molecule has 4 heterocycles. The van der Waals surface area contributed by atoms with Gasteiger partial charge in [-0.15, -0.1) is 0 Å². The van der Waals surface area contributed by atoms with Gasteiger partial charge in [-0.25, -0.2) is 9.97 Å². The van der Waals surface area contributed by atoms with Gasteiger partial charge in [-0.2, -0.15) is 0 Å². The van der Waals surface area contributed by atoms with Gasteiger partial charge in [-0.3, -0.25) is 19.6 Å². The van der Waals surface area contributed by atoms with Crippen molar-refractivity contribution in [2.75, 3.05) is 6.54 Å². The van der Waals surface area contributed by atoms with Gasteiger partial charge >= 0.3 is 5.97 Å². The number of carbonyl (C=O) groups excluding carboxylic acids is 3. The van der Waals surface area contributed by atoms with Crippen molar-refractivity contribution in [2.24, 2.45) is 23.2 Å². The summed E-state index contributed by atoms with van der Waals surface area (Å²) in [5, 5.41) is 0. The van der Waals surface area contributed by atoms with Crippen molar-refractivity contribution >= 4 is 29.2 Å². The molecule has 50 heavy (non-hydrogen) atoms. The van der Waals surface area contributed by atoms with E-state index < -0.39 is 29.1 Å². The number of nitrogens with zero attached hydrogens (tertiary/aromatic N) is 5. The van der Waals surface area contributed by atoms with Crippen molar-refractivity contribution < 1.29 is 28.6 Å². The normalized spacial score (nSPS) is 28.2. The molecule has 0 spiro atoms. The molecule has 2 bridgehead atoms. The fourth-order valence-corrected chi connectivity index (χ4v) is 8.13. The quantitative estimate of drug-likeness (QED) is 0.218. The van der Waals surface area contributed by atoms with Crippen molar-refractivity contribution in [3.8, 4) is 11.6 Å². The standard InChI is InChI=1S/C39H51N5O6/c1-6-28-33(23-45)44-22-34(28)49-36-31(42-30-15-14-27(19-32(30)43-36)48-24-26-21-40-17-18-41-26)13-9-7-8-11-25-12-10-16-39(25,5)50-35(46)20-29(37(44)47)38(2,3)4/h14-15,17-19,21,23,25,28-29,33-34H,6-13,16,20,22,24H2,1-5H3/t25-,28+,29-,33-,34+,39-/m1/s1. The van der Waals surface area contributed by atoms with E-state index in [0.717, 1.165) is 62.4 Å². The van der Waals surface area contributed by atoms with Crippen LogP contribution in [0.5, 0.6) is 11.6 Å². The molecule has 0 N–H and O–H groups in total. The molecule has 0 unspecified atom stereocenters. The molecule has 1 saturated carbocycles. The van der Waals surface area contributed by atoms with Gasteiger partial charge in [0, 0.05) is 24.4 Å². The molecular formula is C39H51N5O6. The molecule has 1 saturated heterocycles. The summed E-state index contributed by atoms with van der Waals surface area (Å²) in [7, 11) is 0. The van der Waals surface area contributed by atoms with E-state index in [0.29, 0.717) is 35.7 Å². The Bertz CT molecular complexity index is 1680. The summed E-state index contributed by atoms with van der Waals surface area (Å²) in [6.45, 7) is 10.4. The highest BCUT2D eigenvalue weighted by molar-refractivity contribution is 5.87. The topological polar surface area (TPSA) is 134 Å². The summed E-state index contributed by atoms with van der Waals surface area (Å²) >= 11 is 0. The first-order valence-corrected chi connectivity index (χ1v) is 18.3. The van der Waals surface area contributed by atoms with Crippen LogP contribution in [0.4, 0.5) is 0 Å². The number of esters is 1. The third-order valence-electron chi connectivity index (χ3n) is 11.1. The van der Waals surface area contributed by atoms with E-state index in [4.69, 9.17) is 24.2 Å². The average molecular weight is 686 g/mol. The van der Waals surface area contributed by atoms with Crippen LogP contribution in [0.2, 0.25) is 0 Å². The Morgan fingerprint density at radius 1 is 1.06 bits per heavy atom. The molecule has 268 valence electrons. The Balaban J connectivity index is 1.34. The van der Waals surface area contributed by atoms with Gasteiger partial charge < -0.3 is 23.9 Å². The number of hydrogen-bond acceptors (Lipinski definition) is 10. The first kappa shape index (κ1) is 35.7. The van der Waals surface area contributed by atoms with Crippen molar-refractivity contribution in [2.45, 2.75) is 123 Å². The number of carbonyl (C=O) groups is 3. The zero-order chi connectivity index (χ0) is 35.5. The number of amides is 1. The Labute approximate surface area is 294 Å². The van der Waals surface area contributed by atoms with Crippen LogP contribution in [0.25, 0.3) is 11.0 Å². The number of aldehydes is 1. The van der Waals surface area contributed by atoms with Gasteiger partial charge in [0.05, 0.1) is 47.8 Å². The molecule has 6 atom stereocenters. The highest BCUT2D eigenvalue weighted by atomic mass is 16.6. The lowest BCUT2D eigenvalue weighted by atomic mass is 9.77. The smallest absolute Gasteiger partial charge is 0.307 e. The number of aryl methyl sites for hydroxylation is 1. The summed E-state index contributed by atoms with van der Waals surface area (Å²) in [5.41, 5.74) is 1.77. The van der Waals surface area contributed by atoms with Gasteiger partial charge in [-0.05, 0) is 75.3 Å². The summed E-state index contributed by atoms with van der Waals surface area (Å²) in [5.74, 6) is -0.155. The minimum atomic E-state index is -0.685. The van der Waals surface area contributed by atoms with Crippen LogP contribution >= 0.6 is 0 Å². The van der Waals surface area contributed by atoms with Crippen LogP contribution in [0.3, 0.4) is 0 Å². The summed E-state index contributed by atoms with van der Waals surface area (Å²) in [4.78, 5) is 60.7. The molecule has 11 heteroatoms. The molecule has 6 rings (SSSR count). The Morgan fingerprint density at radius 2 is 1.88 bits per heavy atom. The molecular weight excluding hydrogens is 634 g/mol. The number of fused-ring (bicyclic) bond motifs is 5. The van der Waals surface area contributed by atoms with Crippen LogP contribution in [0.15, 0.2) is 36.8 Å². The molecule has 11 nitrogen and oxygen atoms in total. The van der Waals surface area contributed by atoms with Crippen molar-refractivity contribution in [1.29, 1.82) is 0 Å². The van der Waals surface area contributed by atoms with E-state index in [1.807, 2.05) is 45.9 Å². The van der Waals surface area contributed by atoms with Crippen LogP contribution in [-0.4, -0.2) is 67.3 Å². The highest BCUT2D eigenvalue weighted by Crippen LogP contribution is 2.43. The zero-order valence-corrected chi connectivity index (χ0v) is 30.1. The van der Waals surface area contributed by atoms with Gasteiger partial charge in [0.25, 0.3) is 0 Å². The van der Waals surface area contributed by atoms with E-state index in [1.54, 1.807) is 23.5 Å². The second kappa shape index (κ2) is 15.0. The maximum atomic E-state index is 14.4. The lowest BCUT2D eigenvalue weighted by Crippen LogP contribution is -2.47. The summed E-state index contributed by atoms with van der Waals surface area (Å²) in [6.07, 6.45) is 13.3. The number of benzene rings is 1. The predicted octanol–water partition coefficient (Wildman–Crippen LogP) is 6.45. The van der Waals surface area contributed by atoms with Crippen molar-refractivity contribution in [3.05, 3.63) is 48.2 Å². The summed E-state index contributed by atoms with van der Waals surface area (Å²) in [6, 6.07) is 4.94. The number of rotatable bonds is 5. The van der Waals surface area contributed by atoms with Crippen molar-refractivity contribution in [3.63, 3.8) is 0 Å². The van der Waals surface area contributed by atoms with Crippen LogP contribution in [-0.2, 0) is 32.1 Å². The molecule has 3 aliphatic rings. The third kappa shape index (κ3) is 7.76. The van der Waals surface area contributed by atoms with Gasteiger partial charge in [0.2, 0.25) is 11.8 Å². The molecule has 2 aromatic heterocycles. The molecule has 2 fully saturated rings. The average Bonchev–Trinajstić information content (AvgIpc) is 3.63. The van der Waals surface area contributed by atoms with E-state index in [1.165, 1.54) is 0 Å². The number of aromatic nitrogens is 4. The molecule has 1 aliphatic carbocycles. The van der Waals surface area contributed by atoms with Crippen molar-refractivity contribution in [1.82, 2.24) is 24.8 Å². The second-order valence-corrected chi connectivity index (χ2v) is 15.6. The van der Waals surface area contributed by atoms with Crippen LogP contribution in [0, 0.1) is 23.2 Å². The van der Waals surface area contributed by atoms with Crippen LogP contribution < -0.4 is 9.47 Å². The van der Waals surface area contributed by atoms with E-state index in [2.05, 4.69) is 16.9 Å². The van der Waals surface area contributed by atoms with E-state index in [9.17, 15) is 14.4 Å². The largest absolute Gasteiger partial charge is 0.487 e. The zero-order valence-electron chi connectivity index (χ0n) is 30.1.